The van der Waals surface area contributed by atoms with E-state index in [1.807, 2.05) is 30.3 Å². The number of fused-ring (bicyclic) bond motifs is 1. The molecule has 6 heteroatoms. The highest BCUT2D eigenvalue weighted by Gasteiger charge is 2.18. The Morgan fingerprint density at radius 2 is 1.85 bits per heavy atom. The average molecular weight is 284 g/mol. The molecule has 3 aromatic rings. The highest BCUT2D eigenvalue weighted by Crippen LogP contribution is 2.39. The molecule has 0 atom stereocenters. The molecule has 3 rings (SSSR count). The lowest BCUT2D eigenvalue weighted by molar-refractivity contribution is 0.100. The van der Waals surface area contributed by atoms with Crippen LogP contribution < -0.4 is 17.2 Å². The fraction of sp³-hybridized carbons (Fsp3) is 0. The maximum absolute atomic E-state index is 11.4. The van der Waals surface area contributed by atoms with Crippen molar-refractivity contribution in [2.75, 3.05) is 11.5 Å². The standard InChI is InChI=1S/C14H12N4OS/c15-9-6-8(7-4-2-1-3-5-7)10-11(16)12(13(17)19)20-14(10)18-9/h1-6H,16H2,(H2,15,18)(H2,17,19). The second-order valence-corrected chi connectivity index (χ2v) is 5.35. The summed E-state index contributed by atoms with van der Waals surface area (Å²) in [5.41, 5.74) is 19.4. The minimum atomic E-state index is -0.553. The number of carbonyl (C=O) groups excluding carboxylic acids is 1. The molecule has 0 saturated heterocycles. The quantitative estimate of drug-likeness (QED) is 0.670. The summed E-state index contributed by atoms with van der Waals surface area (Å²) in [5, 5.41) is 0.726. The molecule has 6 N–H and O–H groups in total. The van der Waals surface area contributed by atoms with E-state index in [2.05, 4.69) is 4.98 Å². The highest BCUT2D eigenvalue weighted by atomic mass is 32.1. The highest BCUT2D eigenvalue weighted by molar-refractivity contribution is 7.21. The van der Waals surface area contributed by atoms with E-state index in [0.29, 0.717) is 21.2 Å². The molecule has 100 valence electrons. The third kappa shape index (κ3) is 1.86. The second kappa shape index (κ2) is 4.50. The van der Waals surface area contributed by atoms with Crippen molar-refractivity contribution in [3.8, 4) is 11.1 Å². The van der Waals surface area contributed by atoms with Crippen LogP contribution in [0.15, 0.2) is 36.4 Å². The van der Waals surface area contributed by atoms with Gasteiger partial charge in [-0.2, -0.15) is 0 Å². The molecule has 0 fully saturated rings. The molecular weight excluding hydrogens is 272 g/mol. The Balaban J connectivity index is 2.40. The largest absolute Gasteiger partial charge is 0.397 e. The molecule has 0 aliphatic heterocycles. The fourth-order valence-electron chi connectivity index (χ4n) is 2.17. The van der Waals surface area contributed by atoms with E-state index < -0.39 is 5.91 Å². The molecule has 0 radical (unpaired) electrons. The van der Waals surface area contributed by atoms with Crippen molar-refractivity contribution in [2.45, 2.75) is 0 Å². The predicted octanol–water partition coefficient (Wildman–Crippen LogP) is 2.23. The van der Waals surface area contributed by atoms with Gasteiger partial charge in [0.2, 0.25) is 0 Å². The summed E-state index contributed by atoms with van der Waals surface area (Å²) < 4.78 is 0. The number of pyridine rings is 1. The van der Waals surface area contributed by atoms with Crippen molar-refractivity contribution in [3.05, 3.63) is 41.3 Å². The van der Waals surface area contributed by atoms with Crippen LogP contribution in [-0.4, -0.2) is 10.9 Å². The Labute approximate surface area is 119 Å². The molecule has 0 unspecified atom stereocenters. The Bertz CT molecular complexity index is 811. The van der Waals surface area contributed by atoms with Gasteiger partial charge < -0.3 is 17.2 Å². The number of rotatable bonds is 2. The third-order valence-corrected chi connectivity index (χ3v) is 4.14. The van der Waals surface area contributed by atoms with Crippen molar-refractivity contribution in [2.24, 2.45) is 5.73 Å². The third-order valence-electron chi connectivity index (χ3n) is 3.03. The van der Waals surface area contributed by atoms with E-state index in [0.717, 1.165) is 27.8 Å². The molecule has 20 heavy (non-hydrogen) atoms. The first kappa shape index (κ1) is 12.4. The first-order chi connectivity index (χ1) is 9.58. The molecule has 2 heterocycles. The molecule has 1 amide bonds. The van der Waals surface area contributed by atoms with Crippen LogP contribution >= 0.6 is 11.3 Å². The van der Waals surface area contributed by atoms with Gasteiger partial charge in [0, 0.05) is 5.39 Å². The number of nitrogens with zero attached hydrogens (tertiary/aromatic N) is 1. The smallest absolute Gasteiger partial charge is 0.260 e. The fourth-order valence-corrected chi connectivity index (χ4v) is 3.15. The number of primary amides is 1. The second-order valence-electron chi connectivity index (χ2n) is 4.35. The summed E-state index contributed by atoms with van der Waals surface area (Å²) in [7, 11) is 0. The Kier molecular flexibility index (Phi) is 2.80. The van der Waals surface area contributed by atoms with Crippen molar-refractivity contribution in [1.82, 2.24) is 4.98 Å². The van der Waals surface area contributed by atoms with Gasteiger partial charge in [0.25, 0.3) is 5.91 Å². The number of anilines is 2. The van der Waals surface area contributed by atoms with Gasteiger partial charge in [-0.3, -0.25) is 4.79 Å². The van der Waals surface area contributed by atoms with Crippen LogP contribution in [0.2, 0.25) is 0 Å². The van der Waals surface area contributed by atoms with Crippen LogP contribution in [0.3, 0.4) is 0 Å². The molecule has 2 aromatic heterocycles. The molecule has 1 aromatic carbocycles. The Morgan fingerprint density at radius 1 is 1.15 bits per heavy atom. The minimum absolute atomic E-state index is 0.315. The number of hydrogen-bond acceptors (Lipinski definition) is 5. The zero-order chi connectivity index (χ0) is 14.3. The van der Waals surface area contributed by atoms with Gasteiger partial charge in [-0.05, 0) is 17.2 Å². The number of hydrogen-bond donors (Lipinski definition) is 3. The predicted molar refractivity (Wildman–Crippen MR) is 82.4 cm³/mol. The summed E-state index contributed by atoms with van der Waals surface area (Å²) >= 11 is 1.16. The van der Waals surface area contributed by atoms with E-state index in [4.69, 9.17) is 17.2 Å². The van der Waals surface area contributed by atoms with Gasteiger partial charge >= 0.3 is 0 Å². The lowest BCUT2D eigenvalue weighted by atomic mass is 10.0. The number of thiophene rings is 1. The van der Waals surface area contributed by atoms with E-state index in [1.54, 1.807) is 6.07 Å². The summed E-state index contributed by atoms with van der Waals surface area (Å²) in [5.74, 6) is -0.170. The number of benzene rings is 1. The maximum Gasteiger partial charge on any atom is 0.260 e. The first-order valence-electron chi connectivity index (χ1n) is 5.91. The zero-order valence-electron chi connectivity index (χ0n) is 10.5. The van der Waals surface area contributed by atoms with Crippen molar-refractivity contribution >= 4 is 39.0 Å². The number of carbonyl (C=O) groups is 1. The molecule has 0 saturated carbocycles. The summed E-state index contributed by atoms with van der Waals surface area (Å²) in [6.07, 6.45) is 0. The van der Waals surface area contributed by atoms with Crippen molar-refractivity contribution in [3.63, 3.8) is 0 Å². The number of amides is 1. The van der Waals surface area contributed by atoms with E-state index in [-0.39, 0.29) is 0 Å². The van der Waals surface area contributed by atoms with Gasteiger partial charge in [0.15, 0.2) is 0 Å². The molecule has 5 nitrogen and oxygen atoms in total. The maximum atomic E-state index is 11.4. The first-order valence-corrected chi connectivity index (χ1v) is 6.73. The van der Waals surface area contributed by atoms with E-state index >= 15 is 0 Å². The van der Waals surface area contributed by atoms with Crippen LogP contribution in [0.25, 0.3) is 21.3 Å². The average Bonchev–Trinajstić information content (AvgIpc) is 2.76. The number of nitrogens with two attached hydrogens (primary N) is 3. The van der Waals surface area contributed by atoms with E-state index in [9.17, 15) is 4.79 Å². The zero-order valence-corrected chi connectivity index (χ0v) is 11.3. The van der Waals surface area contributed by atoms with Crippen LogP contribution in [0, 0.1) is 0 Å². The van der Waals surface area contributed by atoms with Crippen LogP contribution in [0.5, 0.6) is 0 Å². The van der Waals surface area contributed by atoms with Crippen LogP contribution in [0.1, 0.15) is 9.67 Å². The Morgan fingerprint density at radius 3 is 2.50 bits per heavy atom. The Hall–Kier alpha value is -2.60. The van der Waals surface area contributed by atoms with Crippen molar-refractivity contribution in [1.29, 1.82) is 0 Å². The van der Waals surface area contributed by atoms with Gasteiger partial charge in [-0.15, -0.1) is 11.3 Å². The minimum Gasteiger partial charge on any atom is -0.397 e. The summed E-state index contributed by atoms with van der Waals surface area (Å²) in [4.78, 5) is 16.6. The normalized spacial score (nSPS) is 10.8. The van der Waals surface area contributed by atoms with Crippen LogP contribution in [0.4, 0.5) is 11.5 Å². The molecule has 0 aliphatic carbocycles. The molecular formula is C14H12N4OS. The van der Waals surface area contributed by atoms with Gasteiger partial charge in [0.05, 0.1) is 5.69 Å². The van der Waals surface area contributed by atoms with Crippen LogP contribution in [-0.2, 0) is 0 Å². The molecule has 0 bridgehead atoms. The topological polar surface area (TPSA) is 108 Å². The summed E-state index contributed by atoms with van der Waals surface area (Å²) in [6, 6.07) is 11.4. The molecule has 0 spiro atoms. The lowest BCUT2D eigenvalue weighted by Gasteiger charge is -2.06. The van der Waals surface area contributed by atoms with Crippen molar-refractivity contribution < 1.29 is 4.79 Å². The van der Waals surface area contributed by atoms with Gasteiger partial charge in [-0.1, -0.05) is 30.3 Å². The van der Waals surface area contributed by atoms with Gasteiger partial charge in [-0.25, -0.2) is 4.98 Å². The number of nitrogen functional groups attached to an aromatic ring is 2. The monoisotopic (exact) mass is 284 g/mol. The van der Waals surface area contributed by atoms with Gasteiger partial charge in [0.1, 0.15) is 15.5 Å². The lowest BCUT2D eigenvalue weighted by Crippen LogP contribution is -2.10. The molecule has 0 aliphatic rings. The SMILES string of the molecule is NC(=O)c1sc2nc(N)cc(-c3ccccc3)c2c1N. The number of aromatic nitrogens is 1. The van der Waals surface area contributed by atoms with E-state index in [1.165, 1.54) is 0 Å². The summed E-state index contributed by atoms with van der Waals surface area (Å²) in [6.45, 7) is 0.